The number of hydrogen-bond acceptors (Lipinski definition) is 3. The Labute approximate surface area is 104 Å². The maximum atomic E-state index is 10.0. The third-order valence-corrected chi connectivity index (χ3v) is 3.32. The molecule has 2 heterocycles. The fourth-order valence-electron chi connectivity index (χ4n) is 1.95. The lowest BCUT2D eigenvalue weighted by atomic mass is 10.0. The van der Waals surface area contributed by atoms with E-state index in [1.807, 2.05) is 12.1 Å². The highest BCUT2D eigenvalue weighted by Crippen LogP contribution is 2.24. The predicted molar refractivity (Wildman–Crippen MR) is 65.1 cm³/mol. The first kappa shape index (κ1) is 12.0. The first-order valence-corrected chi connectivity index (χ1v) is 6.46. The van der Waals surface area contributed by atoms with E-state index in [4.69, 9.17) is 4.74 Å². The first-order chi connectivity index (χ1) is 7.75. The summed E-state index contributed by atoms with van der Waals surface area (Å²) in [7, 11) is 0. The molecule has 0 saturated carbocycles. The molecule has 1 N–H and O–H groups in total. The molecule has 0 aliphatic carbocycles. The van der Waals surface area contributed by atoms with Gasteiger partial charge in [0.1, 0.15) is 0 Å². The topological polar surface area (TPSA) is 42.4 Å². The molecule has 1 aromatic heterocycles. The Hall–Kier alpha value is -0.450. The number of ether oxygens (including phenoxy) is 1. The number of pyridine rings is 1. The van der Waals surface area contributed by atoms with Crippen LogP contribution in [0.2, 0.25) is 0 Å². The number of aliphatic hydroxyl groups is 1. The zero-order chi connectivity index (χ0) is 11.4. The van der Waals surface area contributed by atoms with E-state index in [9.17, 15) is 5.11 Å². The molecule has 1 fully saturated rings. The van der Waals surface area contributed by atoms with Crippen molar-refractivity contribution in [1.82, 2.24) is 4.98 Å². The summed E-state index contributed by atoms with van der Waals surface area (Å²) in [5, 5.41) is 10.0. The molecule has 3 nitrogen and oxygen atoms in total. The van der Waals surface area contributed by atoms with E-state index in [1.165, 1.54) is 6.42 Å². The minimum atomic E-state index is -0.517. The molecule has 0 radical (unpaired) electrons. The van der Waals surface area contributed by atoms with Gasteiger partial charge in [-0.05, 0) is 47.3 Å². The summed E-state index contributed by atoms with van der Waals surface area (Å²) < 4.78 is 6.52. The Morgan fingerprint density at radius 2 is 2.38 bits per heavy atom. The van der Waals surface area contributed by atoms with E-state index in [2.05, 4.69) is 20.9 Å². The Morgan fingerprint density at radius 1 is 1.50 bits per heavy atom. The van der Waals surface area contributed by atoms with Crippen LogP contribution < -0.4 is 0 Å². The molecule has 0 bridgehead atoms. The minimum absolute atomic E-state index is 0.189. The van der Waals surface area contributed by atoms with E-state index in [0.717, 1.165) is 29.6 Å². The summed E-state index contributed by atoms with van der Waals surface area (Å²) in [5.74, 6) is 0. The van der Waals surface area contributed by atoms with Crippen LogP contribution in [0.3, 0.4) is 0 Å². The van der Waals surface area contributed by atoms with Crippen LogP contribution >= 0.6 is 15.9 Å². The van der Waals surface area contributed by atoms with Gasteiger partial charge in [0.15, 0.2) is 0 Å². The molecule has 1 saturated heterocycles. The van der Waals surface area contributed by atoms with Gasteiger partial charge in [0, 0.05) is 23.7 Å². The molecule has 0 aromatic carbocycles. The number of aromatic nitrogens is 1. The van der Waals surface area contributed by atoms with Gasteiger partial charge in [-0.2, -0.15) is 0 Å². The van der Waals surface area contributed by atoms with Crippen LogP contribution in [0.5, 0.6) is 0 Å². The maximum Gasteiger partial charge on any atom is 0.0984 e. The molecule has 2 unspecified atom stereocenters. The molecule has 0 amide bonds. The molecule has 0 spiro atoms. The average Bonchev–Trinajstić information content (AvgIpc) is 2.31. The van der Waals surface area contributed by atoms with Gasteiger partial charge in [0.2, 0.25) is 0 Å². The zero-order valence-electron chi connectivity index (χ0n) is 9.10. The zero-order valence-corrected chi connectivity index (χ0v) is 10.7. The second-order valence-corrected chi connectivity index (χ2v) is 5.06. The van der Waals surface area contributed by atoms with Crippen molar-refractivity contribution in [1.29, 1.82) is 0 Å². The van der Waals surface area contributed by atoms with Crippen LogP contribution in [0.1, 0.15) is 37.5 Å². The van der Waals surface area contributed by atoms with E-state index >= 15 is 0 Å². The van der Waals surface area contributed by atoms with Crippen LogP contribution in [-0.4, -0.2) is 22.8 Å². The molecule has 1 aromatic rings. The standard InChI is InChI=1S/C12H16BrNO2/c13-9-4-5-11(14-8-9)12(15)7-10-3-1-2-6-16-10/h4-5,8,10,12,15H,1-3,6-7H2. The second kappa shape index (κ2) is 5.75. The van der Waals surface area contributed by atoms with E-state index in [1.54, 1.807) is 6.20 Å². The summed E-state index contributed by atoms with van der Waals surface area (Å²) in [6, 6.07) is 3.74. The van der Waals surface area contributed by atoms with Crippen molar-refractivity contribution in [3.63, 3.8) is 0 Å². The highest BCUT2D eigenvalue weighted by molar-refractivity contribution is 9.10. The average molecular weight is 286 g/mol. The number of aliphatic hydroxyl groups excluding tert-OH is 1. The van der Waals surface area contributed by atoms with Gasteiger partial charge >= 0.3 is 0 Å². The SMILES string of the molecule is OC(CC1CCCCO1)c1ccc(Br)cn1. The Bertz CT molecular complexity index is 322. The maximum absolute atomic E-state index is 10.0. The van der Waals surface area contributed by atoms with Gasteiger partial charge in [-0.3, -0.25) is 4.98 Å². The third kappa shape index (κ3) is 3.27. The molecule has 4 heteroatoms. The highest BCUT2D eigenvalue weighted by atomic mass is 79.9. The summed E-state index contributed by atoms with van der Waals surface area (Å²) in [4.78, 5) is 4.19. The van der Waals surface area contributed by atoms with Crippen molar-refractivity contribution in [3.05, 3.63) is 28.5 Å². The van der Waals surface area contributed by atoms with Crippen molar-refractivity contribution in [2.45, 2.75) is 37.9 Å². The Kier molecular flexibility index (Phi) is 4.32. The molecule has 1 aliphatic heterocycles. The van der Waals surface area contributed by atoms with Crippen molar-refractivity contribution < 1.29 is 9.84 Å². The van der Waals surface area contributed by atoms with Gasteiger partial charge in [-0.15, -0.1) is 0 Å². The molecular weight excluding hydrogens is 270 g/mol. The monoisotopic (exact) mass is 285 g/mol. The van der Waals surface area contributed by atoms with Crippen molar-refractivity contribution in [3.8, 4) is 0 Å². The number of rotatable bonds is 3. The van der Waals surface area contributed by atoms with Crippen LogP contribution in [0.25, 0.3) is 0 Å². The molecule has 2 rings (SSSR count). The van der Waals surface area contributed by atoms with Gasteiger partial charge in [0.25, 0.3) is 0 Å². The Balaban J connectivity index is 1.91. The number of nitrogens with zero attached hydrogens (tertiary/aromatic N) is 1. The lowest BCUT2D eigenvalue weighted by Gasteiger charge is -2.24. The minimum Gasteiger partial charge on any atom is -0.387 e. The Morgan fingerprint density at radius 3 is 3.00 bits per heavy atom. The molecule has 1 aliphatic rings. The number of hydrogen-bond donors (Lipinski definition) is 1. The van der Waals surface area contributed by atoms with Crippen LogP contribution in [0.15, 0.2) is 22.8 Å². The largest absolute Gasteiger partial charge is 0.387 e. The third-order valence-electron chi connectivity index (χ3n) is 2.85. The fraction of sp³-hybridized carbons (Fsp3) is 0.583. The van der Waals surface area contributed by atoms with Crippen molar-refractivity contribution in [2.75, 3.05) is 6.61 Å². The summed E-state index contributed by atoms with van der Waals surface area (Å²) >= 11 is 3.32. The van der Waals surface area contributed by atoms with Crippen LogP contribution in [0, 0.1) is 0 Å². The van der Waals surface area contributed by atoms with Gasteiger partial charge in [-0.1, -0.05) is 0 Å². The lowest BCUT2D eigenvalue weighted by molar-refractivity contribution is -0.0163. The molecule has 88 valence electrons. The summed E-state index contributed by atoms with van der Waals surface area (Å²) in [5.41, 5.74) is 0.720. The summed E-state index contributed by atoms with van der Waals surface area (Å²) in [6.45, 7) is 0.825. The molecular formula is C12H16BrNO2. The predicted octanol–water partition coefficient (Wildman–Crippen LogP) is 2.84. The van der Waals surface area contributed by atoms with Gasteiger partial charge < -0.3 is 9.84 Å². The normalized spacial score (nSPS) is 23.0. The van der Waals surface area contributed by atoms with Gasteiger partial charge in [0.05, 0.1) is 17.9 Å². The van der Waals surface area contributed by atoms with E-state index in [-0.39, 0.29) is 6.10 Å². The van der Waals surface area contributed by atoms with E-state index in [0.29, 0.717) is 6.42 Å². The molecule has 2 atom stereocenters. The highest BCUT2D eigenvalue weighted by Gasteiger charge is 2.19. The first-order valence-electron chi connectivity index (χ1n) is 5.67. The quantitative estimate of drug-likeness (QED) is 0.929. The van der Waals surface area contributed by atoms with Crippen LogP contribution in [0.4, 0.5) is 0 Å². The second-order valence-electron chi connectivity index (χ2n) is 4.14. The fourth-order valence-corrected chi connectivity index (χ4v) is 2.18. The van der Waals surface area contributed by atoms with Crippen molar-refractivity contribution in [2.24, 2.45) is 0 Å². The number of halogens is 1. The van der Waals surface area contributed by atoms with Crippen molar-refractivity contribution >= 4 is 15.9 Å². The lowest BCUT2D eigenvalue weighted by Crippen LogP contribution is -2.21. The summed E-state index contributed by atoms with van der Waals surface area (Å²) in [6.07, 6.45) is 5.42. The van der Waals surface area contributed by atoms with Crippen LogP contribution in [-0.2, 0) is 4.74 Å². The smallest absolute Gasteiger partial charge is 0.0984 e. The van der Waals surface area contributed by atoms with E-state index < -0.39 is 6.10 Å². The molecule has 16 heavy (non-hydrogen) atoms. The van der Waals surface area contributed by atoms with Gasteiger partial charge in [-0.25, -0.2) is 0 Å².